The molecule has 2 fully saturated rings. The molecule has 0 aliphatic carbocycles. The van der Waals surface area contributed by atoms with E-state index in [0.29, 0.717) is 30.7 Å². The molecule has 6 heteroatoms. The lowest BCUT2D eigenvalue weighted by Crippen LogP contribution is -2.40. The molecular weight excluding hydrogens is 312 g/mol. The summed E-state index contributed by atoms with van der Waals surface area (Å²) in [6.07, 6.45) is 3.27. The van der Waals surface area contributed by atoms with Gasteiger partial charge in [0.25, 0.3) is 5.91 Å². The number of likely N-dealkylation sites (tertiary alicyclic amines) is 1. The van der Waals surface area contributed by atoms with Crippen LogP contribution >= 0.6 is 0 Å². The smallest absolute Gasteiger partial charge is 0.255 e. The summed E-state index contributed by atoms with van der Waals surface area (Å²) in [5, 5.41) is 0. The number of likely N-dealkylation sites (N-methyl/N-ethyl adjacent to an activating group) is 1. The number of fused-ring (bicyclic) bond motifs is 2. The Hall–Kier alpha value is -1.40. The van der Waals surface area contributed by atoms with Gasteiger partial charge in [-0.3, -0.25) is 9.69 Å². The van der Waals surface area contributed by atoms with Crippen LogP contribution in [-0.4, -0.2) is 62.1 Å². The van der Waals surface area contributed by atoms with Crippen molar-refractivity contribution in [2.45, 2.75) is 43.2 Å². The van der Waals surface area contributed by atoms with Gasteiger partial charge in [0.2, 0.25) is 0 Å². The molecular formula is C17H24N2O3S. The SMILES string of the molecule is CCS(=O)(=O)c1ccccc1C(=O)N1CCC2CCC(C1)N2C. The third kappa shape index (κ3) is 3.02. The molecule has 2 aliphatic heterocycles. The molecule has 0 N–H and O–H groups in total. The number of carbonyl (C=O) groups is 1. The van der Waals surface area contributed by atoms with Gasteiger partial charge in [0, 0.05) is 25.2 Å². The molecule has 5 nitrogen and oxygen atoms in total. The summed E-state index contributed by atoms with van der Waals surface area (Å²) in [5.41, 5.74) is 0.315. The van der Waals surface area contributed by atoms with Gasteiger partial charge in [-0.25, -0.2) is 8.42 Å². The van der Waals surface area contributed by atoms with E-state index in [1.54, 1.807) is 31.2 Å². The van der Waals surface area contributed by atoms with Gasteiger partial charge in [-0.1, -0.05) is 19.1 Å². The van der Waals surface area contributed by atoms with Gasteiger partial charge in [0.1, 0.15) is 0 Å². The van der Waals surface area contributed by atoms with E-state index in [2.05, 4.69) is 11.9 Å². The van der Waals surface area contributed by atoms with Gasteiger partial charge < -0.3 is 4.90 Å². The average Bonchev–Trinajstić information content (AvgIpc) is 2.79. The van der Waals surface area contributed by atoms with Crippen molar-refractivity contribution in [3.63, 3.8) is 0 Å². The number of rotatable bonds is 3. The first-order valence-electron chi connectivity index (χ1n) is 8.27. The zero-order chi connectivity index (χ0) is 16.6. The lowest BCUT2D eigenvalue weighted by atomic mass is 10.1. The Labute approximate surface area is 138 Å². The normalized spacial score (nSPS) is 25.4. The lowest BCUT2D eigenvalue weighted by molar-refractivity contribution is 0.0736. The fraction of sp³-hybridized carbons (Fsp3) is 0.588. The molecule has 1 aromatic rings. The topological polar surface area (TPSA) is 57.7 Å². The minimum atomic E-state index is -3.40. The van der Waals surface area contributed by atoms with Crippen LogP contribution in [0.3, 0.4) is 0 Å². The highest BCUT2D eigenvalue weighted by Crippen LogP contribution is 2.29. The summed E-state index contributed by atoms with van der Waals surface area (Å²) in [6.45, 7) is 2.99. The Morgan fingerprint density at radius 1 is 1.17 bits per heavy atom. The van der Waals surface area contributed by atoms with Gasteiger partial charge >= 0.3 is 0 Å². The number of hydrogen-bond acceptors (Lipinski definition) is 4. The molecule has 3 rings (SSSR count). The van der Waals surface area contributed by atoms with Gasteiger partial charge in [-0.2, -0.15) is 0 Å². The summed E-state index contributed by atoms with van der Waals surface area (Å²) in [6, 6.07) is 7.53. The molecule has 23 heavy (non-hydrogen) atoms. The van der Waals surface area contributed by atoms with Crippen LogP contribution in [0, 0.1) is 0 Å². The van der Waals surface area contributed by atoms with Crippen LogP contribution in [0.15, 0.2) is 29.2 Å². The zero-order valence-electron chi connectivity index (χ0n) is 13.7. The third-order valence-corrected chi connectivity index (χ3v) is 7.05. The van der Waals surface area contributed by atoms with Crippen LogP contribution in [0.25, 0.3) is 0 Å². The Morgan fingerprint density at radius 2 is 1.87 bits per heavy atom. The Kier molecular flexibility index (Phi) is 4.47. The second-order valence-electron chi connectivity index (χ2n) is 6.49. The van der Waals surface area contributed by atoms with Crippen molar-refractivity contribution in [3.05, 3.63) is 29.8 Å². The number of sulfone groups is 1. The molecule has 1 aromatic carbocycles. The van der Waals surface area contributed by atoms with Crippen molar-refractivity contribution in [1.29, 1.82) is 0 Å². The number of carbonyl (C=O) groups excluding carboxylic acids is 1. The summed E-state index contributed by atoms with van der Waals surface area (Å²) in [5.74, 6) is -0.149. The highest BCUT2D eigenvalue weighted by Gasteiger charge is 2.36. The van der Waals surface area contributed by atoms with E-state index < -0.39 is 9.84 Å². The Bertz CT molecular complexity index is 702. The molecule has 0 saturated carbocycles. The van der Waals surface area contributed by atoms with Crippen molar-refractivity contribution in [2.75, 3.05) is 25.9 Å². The van der Waals surface area contributed by atoms with Crippen LogP contribution in [-0.2, 0) is 9.84 Å². The first kappa shape index (κ1) is 16.5. The first-order valence-corrected chi connectivity index (χ1v) is 9.92. The minimum Gasteiger partial charge on any atom is -0.337 e. The summed E-state index contributed by atoms with van der Waals surface area (Å²) in [4.78, 5) is 17.3. The lowest BCUT2D eigenvalue weighted by Gasteiger charge is -2.26. The molecule has 0 radical (unpaired) electrons. The van der Waals surface area contributed by atoms with Gasteiger partial charge in [0.15, 0.2) is 9.84 Å². The zero-order valence-corrected chi connectivity index (χ0v) is 14.6. The Morgan fingerprint density at radius 3 is 2.61 bits per heavy atom. The molecule has 126 valence electrons. The van der Waals surface area contributed by atoms with Gasteiger partial charge in [-0.05, 0) is 38.4 Å². The van der Waals surface area contributed by atoms with Crippen molar-refractivity contribution in [3.8, 4) is 0 Å². The van der Waals surface area contributed by atoms with Crippen LogP contribution in [0.2, 0.25) is 0 Å². The summed E-state index contributed by atoms with van der Waals surface area (Å²) in [7, 11) is -1.27. The maximum absolute atomic E-state index is 13.0. The van der Waals surface area contributed by atoms with Gasteiger partial charge in [0.05, 0.1) is 16.2 Å². The molecule has 2 saturated heterocycles. The van der Waals surface area contributed by atoms with E-state index >= 15 is 0 Å². The van der Waals surface area contributed by atoms with Crippen LogP contribution < -0.4 is 0 Å². The predicted octanol–water partition coefficient (Wildman–Crippen LogP) is 1.79. The fourth-order valence-electron chi connectivity index (χ4n) is 3.73. The Balaban J connectivity index is 1.90. The molecule has 0 spiro atoms. The van der Waals surface area contributed by atoms with E-state index in [1.807, 2.05) is 4.90 Å². The summed E-state index contributed by atoms with van der Waals surface area (Å²) >= 11 is 0. The second-order valence-corrected chi connectivity index (χ2v) is 8.74. The van der Waals surface area contributed by atoms with E-state index in [-0.39, 0.29) is 16.6 Å². The quantitative estimate of drug-likeness (QED) is 0.844. The van der Waals surface area contributed by atoms with E-state index in [0.717, 1.165) is 12.8 Å². The van der Waals surface area contributed by atoms with Crippen LogP contribution in [0.1, 0.15) is 36.5 Å². The molecule has 2 heterocycles. The largest absolute Gasteiger partial charge is 0.337 e. The monoisotopic (exact) mass is 336 g/mol. The van der Waals surface area contributed by atoms with E-state index in [9.17, 15) is 13.2 Å². The van der Waals surface area contributed by atoms with Crippen LogP contribution in [0.4, 0.5) is 0 Å². The second kappa shape index (κ2) is 6.24. The third-order valence-electron chi connectivity index (χ3n) is 5.27. The molecule has 2 aliphatic rings. The van der Waals surface area contributed by atoms with Crippen molar-refractivity contribution >= 4 is 15.7 Å². The summed E-state index contributed by atoms with van der Waals surface area (Å²) < 4.78 is 24.6. The maximum atomic E-state index is 13.0. The fourth-order valence-corrected chi connectivity index (χ4v) is 4.82. The van der Waals surface area contributed by atoms with Crippen LogP contribution in [0.5, 0.6) is 0 Å². The highest BCUT2D eigenvalue weighted by molar-refractivity contribution is 7.91. The standard InChI is InChI=1S/C17H24N2O3S/c1-3-23(21,22)16-7-5-4-6-15(16)17(20)19-11-10-13-8-9-14(12-19)18(13)2/h4-7,13-14H,3,8-12H2,1-2H3. The number of amides is 1. The van der Waals surface area contributed by atoms with E-state index in [4.69, 9.17) is 0 Å². The average molecular weight is 336 g/mol. The maximum Gasteiger partial charge on any atom is 0.255 e. The number of hydrogen-bond donors (Lipinski definition) is 0. The number of nitrogens with zero attached hydrogens (tertiary/aromatic N) is 2. The molecule has 0 aromatic heterocycles. The van der Waals surface area contributed by atoms with Crippen molar-refractivity contribution in [1.82, 2.24) is 9.80 Å². The highest BCUT2D eigenvalue weighted by atomic mass is 32.2. The molecule has 2 bridgehead atoms. The van der Waals surface area contributed by atoms with E-state index in [1.165, 1.54) is 6.42 Å². The number of benzene rings is 1. The van der Waals surface area contributed by atoms with Crippen molar-refractivity contribution in [2.24, 2.45) is 0 Å². The first-order chi connectivity index (χ1) is 10.9. The van der Waals surface area contributed by atoms with Crippen molar-refractivity contribution < 1.29 is 13.2 Å². The molecule has 2 unspecified atom stereocenters. The molecule has 2 atom stereocenters. The van der Waals surface area contributed by atoms with Gasteiger partial charge in [-0.15, -0.1) is 0 Å². The molecule has 1 amide bonds. The predicted molar refractivity (Wildman–Crippen MR) is 89.3 cm³/mol. The minimum absolute atomic E-state index is 0.00469.